The van der Waals surface area contributed by atoms with E-state index in [4.69, 9.17) is 14.2 Å². The summed E-state index contributed by atoms with van der Waals surface area (Å²) in [6, 6.07) is 5.58. The Kier molecular flexibility index (Phi) is 11.1. The van der Waals surface area contributed by atoms with Gasteiger partial charge in [-0.3, -0.25) is 9.59 Å². The number of carbonyl (C=O) groups is 3. The van der Waals surface area contributed by atoms with Crippen molar-refractivity contribution in [2.75, 3.05) is 40.0 Å². The summed E-state index contributed by atoms with van der Waals surface area (Å²) in [5, 5.41) is 5.75. The minimum absolute atomic E-state index is 0.0546. The molecule has 2 rings (SSSR count). The van der Waals surface area contributed by atoms with Gasteiger partial charge in [-0.25, -0.2) is 4.79 Å². The summed E-state index contributed by atoms with van der Waals surface area (Å²) in [5.41, 5.74) is 1.04. The SMILES string of the molecule is C=CCc1ccc(OCC(=O)NCCCC(=O)NC2CCN(C(=O)OCC)CC2)c(OC)c1. The molecule has 0 aromatic heterocycles. The first kappa shape index (κ1) is 26.0. The summed E-state index contributed by atoms with van der Waals surface area (Å²) >= 11 is 0. The molecule has 1 saturated heterocycles. The van der Waals surface area contributed by atoms with Gasteiger partial charge >= 0.3 is 6.09 Å². The summed E-state index contributed by atoms with van der Waals surface area (Å²) in [7, 11) is 1.55. The Morgan fingerprint density at radius 3 is 2.61 bits per heavy atom. The zero-order valence-electron chi connectivity index (χ0n) is 19.6. The first-order valence-electron chi connectivity index (χ1n) is 11.3. The fourth-order valence-electron chi connectivity index (χ4n) is 3.52. The zero-order valence-corrected chi connectivity index (χ0v) is 19.6. The van der Waals surface area contributed by atoms with Crippen LogP contribution in [0.5, 0.6) is 11.5 Å². The van der Waals surface area contributed by atoms with E-state index in [2.05, 4.69) is 17.2 Å². The van der Waals surface area contributed by atoms with Gasteiger partial charge in [0.2, 0.25) is 5.91 Å². The Bertz CT molecular complexity index is 805. The number of amides is 3. The van der Waals surface area contributed by atoms with Crippen molar-refractivity contribution in [2.45, 2.75) is 45.1 Å². The van der Waals surface area contributed by atoms with E-state index in [0.29, 0.717) is 63.4 Å². The molecule has 33 heavy (non-hydrogen) atoms. The molecule has 0 saturated carbocycles. The Hall–Kier alpha value is -3.23. The summed E-state index contributed by atoms with van der Waals surface area (Å²) < 4.78 is 15.9. The molecule has 0 atom stereocenters. The molecular weight excluding hydrogens is 426 g/mol. The van der Waals surface area contributed by atoms with Crippen LogP contribution in [0.4, 0.5) is 4.79 Å². The number of likely N-dealkylation sites (tertiary alicyclic amines) is 1. The van der Waals surface area contributed by atoms with E-state index in [1.165, 1.54) is 0 Å². The third-order valence-corrected chi connectivity index (χ3v) is 5.26. The Balaban J connectivity index is 1.60. The topological polar surface area (TPSA) is 106 Å². The van der Waals surface area contributed by atoms with E-state index in [9.17, 15) is 14.4 Å². The van der Waals surface area contributed by atoms with Crippen LogP contribution in [0.25, 0.3) is 0 Å². The van der Waals surface area contributed by atoms with Crippen molar-refractivity contribution >= 4 is 17.9 Å². The molecule has 9 heteroatoms. The predicted molar refractivity (Wildman–Crippen MR) is 124 cm³/mol. The van der Waals surface area contributed by atoms with Crippen LogP contribution in [-0.2, 0) is 20.7 Å². The lowest BCUT2D eigenvalue weighted by atomic mass is 10.1. The summed E-state index contributed by atoms with van der Waals surface area (Å²) in [4.78, 5) is 37.6. The maximum absolute atomic E-state index is 12.2. The van der Waals surface area contributed by atoms with E-state index in [1.807, 2.05) is 12.1 Å². The number of piperidine rings is 1. The zero-order chi connectivity index (χ0) is 24.1. The van der Waals surface area contributed by atoms with Crippen LogP contribution >= 0.6 is 0 Å². The van der Waals surface area contributed by atoms with E-state index >= 15 is 0 Å². The standard InChI is InChI=1S/C24H35N3O6/c1-4-7-18-9-10-20(21(16-18)31-3)33-17-23(29)25-13-6-8-22(28)26-19-11-14-27(15-12-19)24(30)32-5-2/h4,9-10,16,19H,1,5-8,11-15,17H2,2-3H3,(H,25,29)(H,26,28). The number of rotatable bonds is 12. The van der Waals surface area contributed by atoms with Crippen LogP contribution in [0.15, 0.2) is 30.9 Å². The lowest BCUT2D eigenvalue weighted by molar-refractivity contribution is -0.124. The van der Waals surface area contributed by atoms with Crippen molar-refractivity contribution in [3.8, 4) is 11.5 Å². The number of benzene rings is 1. The van der Waals surface area contributed by atoms with E-state index in [-0.39, 0.29) is 30.6 Å². The van der Waals surface area contributed by atoms with Gasteiger partial charge in [0.15, 0.2) is 18.1 Å². The maximum atomic E-state index is 12.2. The Labute approximate surface area is 195 Å². The highest BCUT2D eigenvalue weighted by atomic mass is 16.6. The lowest BCUT2D eigenvalue weighted by Crippen LogP contribution is -2.46. The van der Waals surface area contributed by atoms with Crippen LogP contribution in [0.3, 0.4) is 0 Å². The molecule has 0 aliphatic carbocycles. The number of hydrogen-bond acceptors (Lipinski definition) is 6. The summed E-state index contributed by atoms with van der Waals surface area (Å²) in [5.74, 6) is 0.735. The first-order chi connectivity index (χ1) is 16.0. The second-order valence-corrected chi connectivity index (χ2v) is 7.75. The quantitative estimate of drug-likeness (QED) is 0.366. The van der Waals surface area contributed by atoms with Gasteiger partial charge in [-0.05, 0) is 50.3 Å². The molecule has 0 radical (unpaired) electrons. The van der Waals surface area contributed by atoms with Gasteiger partial charge in [-0.15, -0.1) is 6.58 Å². The second-order valence-electron chi connectivity index (χ2n) is 7.75. The monoisotopic (exact) mass is 461 g/mol. The third kappa shape index (κ3) is 9.03. The van der Waals surface area contributed by atoms with Gasteiger partial charge in [0.25, 0.3) is 5.91 Å². The largest absolute Gasteiger partial charge is 0.493 e. The molecule has 1 aromatic carbocycles. The Morgan fingerprint density at radius 2 is 1.94 bits per heavy atom. The van der Waals surface area contributed by atoms with Gasteiger partial charge in [0.1, 0.15) is 0 Å². The molecule has 1 heterocycles. The van der Waals surface area contributed by atoms with E-state index in [1.54, 1.807) is 31.1 Å². The molecule has 9 nitrogen and oxygen atoms in total. The molecule has 2 N–H and O–H groups in total. The Morgan fingerprint density at radius 1 is 1.18 bits per heavy atom. The molecule has 1 aromatic rings. The van der Waals surface area contributed by atoms with Crippen LogP contribution in [0.1, 0.15) is 38.2 Å². The van der Waals surface area contributed by atoms with Crippen molar-refractivity contribution in [3.63, 3.8) is 0 Å². The smallest absolute Gasteiger partial charge is 0.409 e. The second kappa shape index (κ2) is 14.0. The average Bonchev–Trinajstić information content (AvgIpc) is 2.81. The van der Waals surface area contributed by atoms with Crippen molar-refractivity contribution < 1.29 is 28.6 Å². The van der Waals surface area contributed by atoms with E-state index in [0.717, 1.165) is 12.0 Å². The molecule has 3 amide bonds. The normalized spacial score (nSPS) is 13.7. The number of nitrogens with one attached hydrogen (secondary N) is 2. The molecule has 182 valence electrons. The lowest BCUT2D eigenvalue weighted by Gasteiger charge is -2.31. The minimum Gasteiger partial charge on any atom is -0.493 e. The first-order valence-corrected chi connectivity index (χ1v) is 11.3. The molecule has 1 fully saturated rings. The highest BCUT2D eigenvalue weighted by Crippen LogP contribution is 2.28. The summed E-state index contributed by atoms with van der Waals surface area (Å²) in [6.45, 7) is 7.24. The molecule has 1 aliphatic rings. The highest BCUT2D eigenvalue weighted by Gasteiger charge is 2.24. The molecule has 0 bridgehead atoms. The number of carbonyl (C=O) groups excluding carboxylic acids is 3. The van der Waals surface area contributed by atoms with Crippen molar-refractivity contribution in [1.82, 2.24) is 15.5 Å². The van der Waals surface area contributed by atoms with Crippen LogP contribution < -0.4 is 20.1 Å². The fourth-order valence-corrected chi connectivity index (χ4v) is 3.52. The predicted octanol–water partition coefficient (Wildman–Crippen LogP) is 2.44. The van der Waals surface area contributed by atoms with Gasteiger partial charge < -0.3 is 29.7 Å². The molecular formula is C24H35N3O6. The molecule has 0 spiro atoms. The minimum atomic E-state index is -0.301. The van der Waals surface area contributed by atoms with Crippen LogP contribution in [0, 0.1) is 0 Å². The van der Waals surface area contributed by atoms with Crippen molar-refractivity contribution in [3.05, 3.63) is 36.4 Å². The van der Waals surface area contributed by atoms with E-state index < -0.39 is 0 Å². The number of hydrogen-bond donors (Lipinski definition) is 2. The molecule has 1 aliphatic heterocycles. The van der Waals surface area contributed by atoms with Gasteiger partial charge in [-0.1, -0.05) is 12.1 Å². The van der Waals surface area contributed by atoms with Crippen molar-refractivity contribution in [2.24, 2.45) is 0 Å². The summed E-state index contributed by atoms with van der Waals surface area (Å²) in [6.07, 6.45) is 4.48. The number of ether oxygens (including phenoxy) is 3. The fraction of sp³-hybridized carbons (Fsp3) is 0.542. The maximum Gasteiger partial charge on any atom is 0.409 e. The van der Waals surface area contributed by atoms with Crippen molar-refractivity contribution in [1.29, 1.82) is 0 Å². The number of nitrogens with zero attached hydrogens (tertiary/aromatic N) is 1. The van der Waals surface area contributed by atoms with Gasteiger partial charge in [-0.2, -0.15) is 0 Å². The number of methoxy groups -OCH3 is 1. The van der Waals surface area contributed by atoms with Gasteiger partial charge in [0, 0.05) is 32.1 Å². The van der Waals surface area contributed by atoms with Crippen LogP contribution in [0.2, 0.25) is 0 Å². The third-order valence-electron chi connectivity index (χ3n) is 5.26. The van der Waals surface area contributed by atoms with Gasteiger partial charge in [0.05, 0.1) is 13.7 Å². The number of allylic oxidation sites excluding steroid dienone is 1. The highest BCUT2D eigenvalue weighted by molar-refractivity contribution is 5.78. The molecule has 0 unspecified atom stereocenters. The van der Waals surface area contributed by atoms with Crippen LogP contribution in [-0.4, -0.2) is 68.8 Å². The average molecular weight is 462 g/mol.